The molecular formula is C11H15NO2S. The third-order valence-electron chi connectivity index (χ3n) is 1.67. The van der Waals surface area contributed by atoms with E-state index in [1.165, 1.54) is 6.07 Å². The van der Waals surface area contributed by atoms with Gasteiger partial charge in [0.15, 0.2) is 0 Å². The molecule has 0 aliphatic rings. The Kier molecular flexibility index (Phi) is 3.29. The topological polar surface area (TPSA) is 63.3 Å². The van der Waals surface area contributed by atoms with E-state index in [0.29, 0.717) is 5.69 Å². The van der Waals surface area contributed by atoms with Crippen LogP contribution in [0.5, 0.6) is 0 Å². The number of thioether (sulfide) groups is 1. The minimum absolute atomic E-state index is 0.0683. The van der Waals surface area contributed by atoms with E-state index in [-0.39, 0.29) is 10.3 Å². The second-order valence-electron chi connectivity index (χ2n) is 4.27. The Morgan fingerprint density at radius 1 is 1.40 bits per heavy atom. The zero-order valence-electron chi connectivity index (χ0n) is 9.07. The van der Waals surface area contributed by atoms with Gasteiger partial charge < -0.3 is 10.8 Å². The van der Waals surface area contributed by atoms with Crippen molar-refractivity contribution in [2.45, 2.75) is 30.4 Å². The van der Waals surface area contributed by atoms with Crippen LogP contribution in [-0.4, -0.2) is 15.8 Å². The summed E-state index contributed by atoms with van der Waals surface area (Å²) in [4.78, 5) is 11.6. The van der Waals surface area contributed by atoms with Crippen molar-refractivity contribution in [2.24, 2.45) is 0 Å². The van der Waals surface area contributed by atoms with Gasteiger partial charge in [-0.1, -0.05) is 20.8 Å². The van der Waals surface area contributed by atoms with E-state index in [9.17, 15) is 4.79 Å². The lowest BCUT2D eigenvalue weighted by Gasteiger charge is -2.18. The lowest BCUT2D eigenvalue weighted by molar-refractivity contribution is 0.0697. The van der Waals surface area contributed by atoms with Crippen molar-refractivity contribution in [2.75, 3.05) is 5.73 Å². The molecule has 0 aliphatic carbocycles. The molecule has 3 nitrogen and oxygen atoms in total. The summed E-state index contributed by atoms with van der Waals surface area (Å²) in [6.07, 6.45) is 0. The first-order valence-electron chi connectivity index (χ1n) is 4.61. The van der Waals surface area contributed by atoms with Crippen LogP contribution < -0.4 is 5.73 Å². The normalized spacial score (nSPS) is 11.4. The number of carboxylic acid groups (broad SMARTS) is 1. The molecule has 0 fully saturated rings. The molecule has 15 heavy (non-hydrogen) atoms. The summed E-state index contributed by atoms with van der Waals surface area (Å²) in [5.41, 5.74) is 6.53. The van der Waals surface area contributed by atoms with E-state index in [4.69, 9.17) is 10.8 Å². The third-order valence-corrected chi connectivity index (χ3v) is 2.88. The highest BCUT2D eigenvalue weighted by atomic mass is 32.2. The fourth-order valence-corrected chi connectivity index (χ4v) is 2.08. The second kappa shape index (κ2) is 4.14. The van der Waals surface area contributed by atoms with Gasteiger partial charge in [-0.05, 0) is 18.2 Å². The van der Waals surface area contributed by atoms with E-state index >= 15 is 0 Å². The molecule has 0 saturated heterocycles. The Morgan fingerprint density at radius 2 is 2.00 bits per heavy atom. The van der Waals surface area contributed by atoms with E-state index in [2.05, 4.69) is 20.8 Å². The lowest BCUT2D eigenvalue weighted by atomic mass is 10.2. The van der Waals surface area contributed by atoms with Crippen LogP contribution in [0, 0.1) is 0 Å². The molecule has 0 aromatic heterocycles. The Bertz CT molecular complexity index is 383. The molecule has 0 atom stereocenters. The number of nitrogens with two attached hydrogens (primary N) is 1. The van der Waals surface area contributed by atoms with E-state index in [1.807, 2.05) is 0 Å². The summed E-state index contributed by atoms with van der Waals surface area (Å²) in [5, 5.41) is 8.77. The van der Waals surface area contributed by atoms with Crippen LogP contribution in [-0.2, 0) is 0 Å². The van der Waals surface area contributed by atoms with Gasteiger partial charge in [-0.2, -0.15) is 0 Å². The molecule has 0 heterocycles. The number of anilines is 1. The maximum atomic E-state index is 10.7. The van der Waals surface area contributed by atoms with Gasteiger partial charge >= 0.3 is 5.97 Å². The Labute approximate surface area is 93.7 Å². The fourth-order valence-electron chi connectivity index (χ4n) is 1.10. The third kappa shape index (κ3) is 3.47. The molecule has 0 amide bonds. The summed E-state index contributed by atoms with van der Waals surface area (Å²) in [6, 6.07) is 4.83. The van der Waals surface area contributed by atoms with Crippen LogP contribution in [0.1, 0.15) is 31.1 Å². The van der Waals surface area contributed by atoms with Gasteiger partial charge in [0.05, 0.1) is 5.56 Å². The van der Waals surface area contributed by atoms with Crippen LogP contribution in [0.25, 0.3) is 0 Å². The average molecular weight is 225 g/mol. The Hall–Kier alpha value is -1.16. The van der Waals surface area contributed by atoms with Gasteiger partial charge in [-0.15, -0.1) is 11.8 Å². The summed E-state index contributed by atoms with van der Waals surface area (Å²) in [5.74, 6) is -0.950. The smallest absolute Gasteiger partial charge is 0.335 e. The summed E-state index contributed by atoms with van der Waals surface area (Å²) in [6.45, 7) is 6.26. The predicted molar refractivity (Wildman–Crippen MR) is 63.4 cm³/mol. The zero-order chi connectivity index (χ0) is 11.6. The lowest BCUT2D eigenvalue weighted by Crippen LogP contribution is -2.08. The molecule has 3 N–H and O–H groups in total. The Balaban J connectivity index is 2.99. The maximum Gasteiger partial charge on any atom is 0.335 e. The standard InChI is InChI=1S/C11H15NO2S/c1-11(2,3)15-9-5-4-7(10(13)14)6-8(9)12/h4-6H,12H2,1-3H3,(H,13,14). The summed E-state index contributed by atoms with van der Waals surface area (Å²) in [7, 11) is 0. The second-order valence-corrected chi connectivity index (χ2v) is 6.14. The summed E-state index contributed by atoms with van der Waals surface area (Å²) < 4.78 is 0.0683. The molecule has 0 radical (unpaired) electrons. The van der Waals surface area contributed by atoms with Gasteiger partial charge in [-0.25, -0.2) is 4.79 Å². The van der Waals surface area contributed by atoms with Crippen molar-refractivity contribution in [1.82, 2.24) is 0 Å². The minimum Gasteiger partial charge on any atom is -0.478 e. The predicted octanol–water partition coefficient (Wildman–Crippen LogP) is 2.86. The van der Waals surface area contributed by atoms with Crippen molar-refractivity contribution in [3.63, 3.8) is 0 Å². The number of nitrogen functional groups attached to an aromatic ring is 1. The number of hydrogen-bond acceptors (Lipinski definition) is 3. The first-order chi connectivity index (χ1) is 6.79. The van der Waals surface area contributed by atoms with E-state index in [1.54, 1.807) is 23.9 Å². The minimum atomic E-state index is -0.950. The van der Waals surface area contributed by atoms with Gasteiger partial charge in [0.2, 0.25) is 0 Å². The monoisotopic (exact) mass is 225 g/mol. The van der Waals surface area contributed by atoms with Crippen LogP contribution >= 0.6 is 11.8 Å². The number of carbonyl (C=O) groups is 1. The molecule has 1 aromatic carbocycles. The summed E-state index contributed by atoms with van der Waals surface area (Å²) >= 11 is 1.63. The molecule has 0 aliphatic heterocycles. The number of hydrogen-bond donors (Lipinski definition) is 2. The molecular weight excluding hydrogens is 210 g/mol. The highest BCUT2D eigenvalue weighted by molar-refractivity contribution is 8.00. The van der Waals surface area contributed by atoms with Crippen molar-refractivity contribution in [3.05, 3.63) is 23.8 Å². The van der Waals surface area contributed by atoms with E-state index in [0.717, 1.165) is 4.90 Å². The van der Waals surface area contributed by atoms with Crippen molar-refractivity contribution in [3.8, 4) is 0 Å². The molecule has 0 unspecified atom stereocenters. The molecule has 4 heteroatoms. The van der Waals surface area contributed by atoms with Gasteiger partial charge in [0, 0.05) is 15.3 Å². The SMILES string of the molecule is CC(C)(C)Sc1ccc(C(=O)O)cc1N. The zero-order valence-corrected chi connectivity index (χ0v) is 9.89. The fraction of sp³-hybridized carbons (Fsp3) is 0.364. The largest absolute Gasteiger partial charge is 0.478 e. The molecule has 0 bridgehead atoms. The first-order valence-corrected chi connectivity index (χ1v) is 5.43. The molecule has 1 rings (SSSR count). The van der Waals surface area contributed by atoms with Gasteiger partial charge in [0.25, 0.3) is 0 Å². The maximum absolute atomic E-state index is 10.7. The number of rotatable bonds is 2. The highest BCUT2D eigenvalue weighted by Gasteiger charge is 2.15. The van der Waals surface area contributed by atoms with Crippen molar-refractivity contribution < 1.29 is 9.90 Å². The quantitative estimate of drug-likeness (QED) is 0.600. The molecule has 1 aromatic rings. The van der Waals surface area contributed by atoms with Crippen molar-refractivity contribution >= 4 is 23.4 Å². The van der Waals surface area contributed by atoms with Crippen molar-refractivity contribution in [1.29, 1.82) is 0 Å². The molecule has 0 spiro atoms. The average Bonchev–Trinajstić information content (AvgIpc) is 2.05. The van der Waals surface area contributed by atoms with Gasteiger partial charge in [-0.3, -0.25) is 0 Å². The number of aromatic carboxylic acids is 1. The van der Waals surface area contributed by atoms with E-state index < -0.39 is 5.97 Å². The van der Waals surface area contributed by atoms with Crippen LogP contribution in [0.4, 0.5) is 5.69 Å². The Morgan fingerprint density at radius 3 is 2.40 bits per heavy atom. The van der Waals surface area contributed by atoms with Gasteiger partial charge in [0.1, 0.15) is 0 Å². The highest BCUT2D eigenvalue weighted by Crippen LogP contribution is 2.35. The van der Waals surface area contributed by atoms with Crippen LogP contribution in [0.2, 0.25) is 0 Å². The number of benzene rings is 1. The van der Waals surface area contributed by atoms with Crippen LogP contribution in [0.15, 0.2) is 23.1 Å². The number of carboxylic acids is 1. The molecule has 82 valence electrons. The van der Waals surface area contributed by atoms with Crippen LogP contribution in [0.3, 0.4) is 0 Å². The molecule has 0 saturated carbocycles. The first kappa shape index (κ1) is 11.9.